The van der Waals surface area contributed by atoms with Crippen molar-refractivity contribution in [2.24, 2.45) is 35.1 Å². The molecule has 0 spiro atoms. The van der Waals surface area contributed by atoms with Crippen LogP contribution in [0.15, 0.2) is 134 Å². The number of phenols is 1. The number of hydrogen-bond donors (Lipinski definition) is 12. The Kier molecular flexibility index (Phi) is 19.4. The molecule has 99 heavy (non-hydrogen) atoms. The third-order valence-electron chi connectivity index (χ3n) is 17.5. The van der Waals surface area contributed by atoms with Crippen molar-refractivity contribution in [2.75, 3.05) is 75.3 Å². The number of phenolic OH excluding ortho intramolecular Hbond substituents is 1. The van der Waals surface area contributed by atoms with Crippen molar-refractivity contribution in [3.05, 3.63) is 181 Å². The van der Waals surface area contributed by atoms with Gasteiger partial charge in [0.2, 0.25) is 22.9 Å². The Morgan fingerprint density at radius 2 is 1.54 bits per heavy atom. The van der Waals surface area contributed by atoms with E-state index in [9.17, 15) is 76.2 Å². The monoisotopic (exact) mass is 1390 g/mol. The van der Waals surface area contributed by atoms with Crippen LogP contribution < -0.4 is 57.9 Å². The largest absolute Gasteiger partial charge is 0.510 e. The molecule has 5 heterocycles. The molecular weight excluding hydrogens is 1320 g/mol. The third-order valence-corrected chi connectivity index (χ3v) is 18.9. The minimum Gasteiger partial charge on any atom is -0.510 e. The van der Waals surface area contributed by atoms with E-state index in [-0.39, 0.29) is 74.6 Å². The fourth-order valence-electron chi connectivity index (χ4n) is 12.7. The van der Waals surface area contributed by atoms with Crippen LogP contribution in [0.3, 0.4) is 0 Å². The number of primary amides is 1. The maximum atomic E-state index is 14.8. The normalized spacial score (nSPS) is 21.1. The number of likely N-dealkylation sites (N-methyl/N-ethyl adjacent to an activating group) is 1. The van der Waals surface area contributed by atoms with Crippen LogP contribution >= 0.6 is 0 Å². The number of aliphatic hydroxyl groups is 4. The molecule has 13 rings (SSSR count). The van der Waals surface area contributed by atoms with Gasteiger partial charge in [0.1, 0.15) is 51.6 Å². The fraction of sp³-hybridized carbons (Fsp3) is 0.277. The smallest absolute Gasteiger partial charge is 0.341 e. The van der Waals surface area contributed by atoms with E-state index in [1.54, 1.807) is 39.3 Å². The number of aryl methyl sites for hydroxylation is 1. The van der Waals surface area contributed by atoms with E-state index in [1.807, 2.05) is 12.1 Å². The number of nitrogens with zero attached hydrogens (tertiary/aromatic N) is 7. The molecular formula is C65H66F3N13O17S. The number of hydrogen-bond acceptors (Lipinski definition) is 26. The van der Waals surface area contributed by atoms with Crippen LogP contribution in [0.25, 0.3) is 16.7 Å². The number of methoxy groups -OCH3 is 3. The molecule has 5 aliphatic rings. The van der Waals surface area contributed by atoms with Crippen molar-refractivity contribution in [1.82, 2.24) is 29.6 Å². The van der Waals surface area contributed by atoms with E-state index in [4.69, 9.17) is 47.4 Å². The maximum Gasteiger partial charge on any atom is 0.341 e. The Hall–Kier alpha value is -11.3. The van der Waals surface area contributed by atoms with Crippen LogP contribution in [-0.4, -0.2) is 158 Å². The van der Waals surface area contributed by atoms with Gasteiger partial charge in [-0.05, 0) is 111 Å². The lowest BCUT2D eigenvalue weighted by atomic mass is 9.58. The van der Waals surface area contributed by atoms with E-state index in [0.717, 1.165) is 40.1 Å². The van der Waals surface area contributed by atoms with E-state index in [2.05, 4.69) is 24.8 Å². The SMILES string of the molecule is CN(C)[C@@H]1C(O)=C(C(N)=O)C(=O)[C@@]2(O)C(O)=C3C(=O)c4c(O)cccc4[C@@H](O)[C@H]3C[C@@H]12.COc1cc(Cc2cnc(N)nc2N)cc(OC)c1OC.Cc1cc(NS(=O)(=O)c2ccc(N)cc2)no1.N[C@@H]1[C@H]2CN(c3nc4c(cc3F)c(=O)c(C(=O)O)cn4-c3ccc(F)cc3F)C[C@@H]12. The molecule has 4 aliphatic carbocycles. The number of rotatable bonds is 13. The van der Waals surface area contributed by atoms with Crippen molar-refractivity contribution in [3.63, 3.8) is 0 Å². The lowest BCUT2D eigenvalue weighted by Gasteiger charge is -2.50. The number of aliphatic hydroxyl groups excluding tert-OH is 3. The van der Waals surface area contributed by atoms with Crippen LogP contribution in [0.1, 0.15) is 55.7 Å². The molecule has 520 valence electrons. The number of aromatic hydroxyl groups is 1. The van der Waals surface area contributed by atoms with E-state index >= 15 is 0 Å². The topological polar surface area (TPSA) is 487 Å². The number of amides is 1. The number of nitrogens with two attached hydrogens (primary N) is 5. The minimum atomic E-state index is -3.64. The highest BCUT2D eigenvalue weighted by Gasteiger charge is 2.64. The summed E-state index contributed by atoms with van der Waals surface area (Å²) in [7, 11) is 4.12. The lowest BCUT2D eigenvalue weighted by molar-refractivity contribution is -0.149. The molecule has 4 aromatic heterocycles. The average Bonchev–Trinajstić information content (AvgIpc) is 1.34. The number of carboxylic acid groups (broad SMARTS) is 1. The molecule has 0 unspecified atom stereocenters. The highest BCUT2D eigenvalue weighted by atomic mass is 32.2. The Balaban J connectivity index is 0.000000147. The van der Waals surface area contributed by atoms with E-state index in [0.29, 0.717) is 60.1 Å². The van der Waals surface area contributed by atoms with Gasteiger partial charge in [-0.25, -0.2) is 36.4 Å². The van der Waals surface area contributed by atoms with Crippen LogP contribution in [0.2, 0.25) is 0 Å². The summed E-state index contributed by atoms with van der Waals surface area (Å²) in [5.74, 6) is -8.58. The number of sulfonamides is 1. The molecule has 1 amide bonds. The highest BCUT2D eigenvalue weighted by Crippen LogP contribution is 2.55. The second kappa shape index (κ2) is 27.3. The summed E-state index contributed by atoms with van der Waals surface area (Å²) in [6.07, 6.45) is 1.55. The first-order chi connectivity index (χ1) is 46.8. The summed E-state index contributed by atoms with van der Waals surface area (Å²) in [4.78, 5) is 77.7. The summed E-state index contributed by atoms with van der Waals surface area (Å²) in [6.45, 7) is 2.68. The van der Waals surface area contributed by atoms with Crippen molar-refractivity contribution < 1.29 is 90.1 Å². The number of piperidine rings is 1. The number of halogens is 3. The predicted molar refractivity (Wildman–Crippen MR) is 349 cm³/mol. The second-order valence-electron chi connectivity index (χ2n) is 23.8. The molecule has 0 radical (unpaired) electrons. The van der Waals surface area contributed by atoms with Crippen molar-refractivity contribution in [3.8, 4) is 28.7 Å². The molecule has 30 nitrogen and oxygen atoms in total. The van der Waals surface area contributed by atoms with Gasteiger partial charge >= 0.3 is 5.97 Å². The summed E-state index contributed by atoms with van der Waals surface area (Å²) in [6, 6.07) is 17.8. The number of fused-ring (bicyclic) bond motifs is 5. The lowest BCUT2D eigenvalue weighted by Crippen LogP contribution is -2.64. The first-order valence-corrected chi connectivity index (χ1v) is 31.3. The zero-order valence-corrected chi connectivity index (χ0v) is 54.2. The Labute approximate surface area is 560 Å². The van der Waals surface area contributed by atoms with Crippen molar-refractivity contribution in [2.45, 2.75) is 48.4 Å². The number of aromatic nitrogens is 5. The molecule has 8 aromatic rings. The number of ether oxygens (including phenoxy) is 3. The number of nitrogens with one attached hydrogen (secondary N) is 1. The van der Waals surface area contributed by atoms with Gasteiger partial charge in [-0.15, -0.1) is 0 Å². The molecule has 34 heteroatoms. The molecule has 0 bridgehead atoms. The standard InChI is InChI=1S/C21H22N2O8.C20H15F3N4O3.C14H18N4O3.C10H11N3O3S/c1-23(2)14-9-6-8-12(16(26)11-7(15(8)25)4-3-5-10(11)24)18(28)21(9,31)19(29)13(17(14)27)20(22)30;21-8-1-2-15(13(22)3-8)27-7-12(20(29)30)17(28)9-4-14(23)19(25-18(9)27)26-5-10-11(6-26)16(10)24;1-19-10-5-8(6-11(20-2)12(10)21-3)4-9-7-17-14(16)18-13(9)15;1-7-6-10(12-16-7)13-17(14,15)9-4-2-8(11)3-5-9/h3-5,8-9,14-15,24-25,27-28,31H,6H2,1-2H3,(H2,22,30);1-4,7,10-11,16H,5-6,24H2,(H,29,30);5-7H,4H2,1-3H3,(H4,15,16,17,18);2-6H,11H2,1H3,(H,12,13)/t8-,9-,14-,15+,21-;10-,11+,16+;;/m0.../s1. The predicted octanol–water partition coefficient (Wildman–Crippen LogP) is 4.13. The van der Waals surface area contributed by atoms with Gasteiger partial charge in [-0.1, -0.05) is 17.3 Å². The highest BCUT2D eigenvalue weighted by molar-refractivity contribution is 7.92. The minimum absolute atomic E-state index is 0.0272. The number of carbonyl (C=O) groups excluding carboxylic acids is 3. The number of benzene rings is 4. The van der Waals surface area contributed by atoms with Crippen LogP contribution in [0.4, 0.5) is 42.3 Å². The van der Waals surface area contributed by atoms with Crippen molar-refractivity contribution in [1.29, 1.82) is 0 Å². The van der Waals surface area contributed by atoms with Gasteiger partial charge in [0.25, 0.3) is 15.9 Å². The number of Topliss-reactive ketones (excluding diaryl/α,β-unsaturated/α-hetero) is 2. The van der Waals surface area contributed by atoms with E-state index in [1.165, 1.54) is 67.5 Å². The zero-order chi connectivity index (χ0) is 72.2. The number of anilines is 5. The van der Waals surface area contributed by atoms with Crippen LogP contribution in [0.5, 0.6) is 23.0 Å². The summed E-state index contributed by atoms with van der Waals surface area (Å²) in [5.41, 5.74) is 24.1. The quantitative estimate of drug-likeness (QED) is 0.0570. The van der Waals surface area contributed by atoms with Crippen LogP contribution in [0, 0.1) is 48.0 Å². The van der Waals surface area contributed by atoms with Gasteiger partial charge < -0.3 is 82.9 Å². The summed E-state index contributed by atoms with van der Waals surface area (Å²) >= 11 is 0. The number of pyridine rings is 2. The first kappa shape index (κ1) is 70.5. The maximum absolute atomic E-state index is 14.8. The van der Waals surface area contributed by atoms with Gasteiger partial charge in [0.15, 0.2) is 46.0 Å². The number of carbonyl (C=O) groups is 4. The van der Waals surface area contributed by atoms with Crippen molar-refractivity contribution >= 4 is 73.6 Å². The number of aromatic carboxylic acids is 1. The zero-order valence-electron chi connectivity index (χ0n) is 53.3. The Morgan fingerprint density at radius 3 is 2.10 bits per heavy atom. The Bertz CT molecular complexity index is 4800. The number of ketones is 2. The second-order valence-corrected chi connectivity index (χ2v) is 25.5. The van der Waals surface area contributed by atoms with Gasteiger partial charge in [0, 0.05) is 78.7 Å². The molecule has 4 aromatic carbocycles. The van der Waals surface area contributed by atoms with Gasteiger partial charge in [0.05, 0.1) is 55.0 Å². The molecule has 2 fully saturated rings. The number of nitrogen functional groups attached to an aromatic ring is 3. The Morgan fingerprint density at radius 1 is 0.879 bits per heavy atom. The molecule has 17 N–H and O–H groups in total. The molecule has 8 atom stereocenters. The molecule has 1 saturated heterocycles. The summed E-state index contributed by atoms with van der Waals surface area (Å²) in [5, 5.41) is 66.8. The van der Waals surface area contributed by atoms with E-state index < -0.39 is 120 Å². The first-order valence-electron chi connectivity index (χ1n) is 29.8. The van der Waals surface area contributed by atoms with Gasteiger partial charge in [-0.3, -0.25) is 33.4 Å². The molecule has 1 aliphatic heterocycles. The molecule has 1 saturated carbocycles. The third kappa shape index (κ3) is 13.2. The van der Waals surface area contributed by atoms with Crippen LogP contribution in [-0.2, 0) is 26.0 Å². The van der Waals surface area contributed by atoms with Gasteiger partial charge in [-0.2, -0.15) is 4.98 Å². The fourth-order valence-corrected chi connectivity index (χ4v) is 13.7. The average molecular weight is 1390 g/mol. The number of carboxylic acids is 1. The summed E-state index contributed by atoms with van der Waals surface area (Å²) < 4.78 is 90.5.